The number of benzene rings is 2. The van der Waals surface area contributed by atoms with E-state index in [-0.39, 0.29) is 39.7 Å². The van der Waals surface area contributed by atoms with Gasteiger partial charge < -0.3 is 30.9 Å². The molecule has 16 nitrogen and oxygen atoms in total. The van der Waals surface area contributed by atoms with Crippen molar-refractivity contribution in [1.29, 1.82) is 0 Å². The number of nitrogens with zero attached hydrogens (tertiary/aromatic N) is 2. The summed E-state index contributed by atoms with van der Waals surface area (Å²) in [6.07, 6.45) is 15.3. The first-order valence-electron chi connectivity index (χ1n) is 22.7. The average molecular weight is 970 g/mol. The zero-order valence-corrected chi connectivity index (χ0v) is 40.9. The molecule has 4 amide bonds. The Hall–Kier alpha value is -4.53. The lowest BCUT2D eigenvalue weighted by molar-refractivity contribution is -0.438. The van der Waals surface area contributed by atoms with Crippen molar-refractivity contribution in [3.05, 3.63) is 83.6 Å². The number of nitrogens with one attached hydrogen (secondary N) is 4. The molecule has 4 aliphatic heterocycles. The normalized spacial score (nSPS) is 21.4. The van der Waals surface area contributed by atoms with E-state index in [2.05, 4.69) is 53.5 Å². The van der Waals surface area contributed by atoms with E-state index in [1.54, 1.807) is 12.1 Å². The van der Waals surface area contributed by atoms with Gasteiger partial charge in [0.25, 0.3) is 20.2 Å². The van der Waals surface area contributed by atoms with Crippen LogP contribution in [-0.2, 0) is 45.4 Å². The molecular weight excluding hydrogens is 905 g/mol. The van der Waals surface area contributed by atoms with Crippen LogP contribution in [0.25, 0.3) is 0 Å². The van der Waals surface area contributed by atoms with E-state index < -0.39 is 31.1 Å². The maximum atomic E-state index is 12.6. The second-order valence-corrected chi connectivity index (χ2v) is 22.2. The molecule has 4 aliphatic rings. The van der Waals surface area contributed by atoms with Crippen LogP contribution in [0, 0.1) is 0 Å². The van der Waals surface area contributed by atoms with E-state index in [9.17, 15) is 40.3 Å². The fraction of sp³-hybridized carbons (Fsp3) is 0.532. The molecule has 19 heteroatoms. The Labute approximate surface area is 393 Å². The molecule has 2 aromatic carbocycles. The predicted molar refractivity (Wildman–Crippen MR) is 257 cm³/mol. The number of rotatable bonds is 23. The molecule has 2 aromatic rings. The van der Waals surface area contributed by atoms with Crippen LogP contribution in [0.1, 0.15) is 97.1 Å². The molecule has 0 spiro atoms. The summed E-state index contributed by atoms with van der Waals surface area (Å²) in [4.78, 5) is 38.1. The highest BCUT2D eigenvalue weighted by Crippen LogP contribution is 2.48. The molecule has 3 atom stereocenters. The summed E-state index contributed by atoms with van der Waals surface area (Å²) >= 11 is 1.87. The standard InChI is InChI=1S/C47H64N6O10S3/c1-6-52-37-29-32(65(57,58)59)20-22-34(37)46(2,3)40(52)16-9-7-10-17-41-47(4,5)35-23-21-33(66(60,61)62)30-38(35)53(41)26-14-8-11-18-42(54)48-24-27-63-28-25-49-43(55)19-13-12-15-39-44-36(31-64-39)50-45(56)51-44/h7,9-10,16-17,20-23,29-30,36,39,44H,6,8,11-15,18-19,24-28,31H2,1-5H3,(H5-,48,49,50,51,54,55,56,57,58,59,60,61,62)/p+1/t36-,39-,44-/m0/s1. The fourth-order valence-electron chi connectivity index (χ4n) is 9.40. The van der Waals surface area contributed by atoms with Crippen LogP contribution in [0.4, 0.5) is 16.2 Å². The van der Waals surface area contributed by atoms with Crippen molar-refractivity contribution in [2.75, 3.05) is 50.0 Å². The summed E-state index contributed by atoms with van der Waals surface area (Å²) in [6.45, 7) is 12.8. The Morgan fingerprint density at radius 3 is 2.14 bits per heavy atom. The third-order valence-corrected chi connectivity index (χ3v) is 16.1. The third-order valence-electron chi connectivity index (χ3n) is 12.9. The summed E-state index contributed by atoms with van der Waals surface area (Å²) in [5, 5.41) is 12.1. The number of fused-ring (bicyclic) bond motifs is 3. The van der Waals surface area contributed by atoms with Gasteiger partial charge in [-0.15, -0.1) is 0 Å². The van der Waals surface area contributed by atoms with E-state index in [4.69, 9.17) is 4.74 Å². The van der Waals surface area contributed by atoms with Gasteiger partial charge in [0.15, 0.2) is 5.71 Å². The van der Waals surface area contributed by atoms with Crippen LogP contribution < -0.4 is 26.2 Å². The van der Waals surface area contributed by atoms with Gasteiger partial charge in [-0.3, -0.25) is 18.7 Å². The Morgan fingerprint density at radius 1 is 0.848 bits per heavy atom. The summed E-state index contributed by atoms with van der Waals surface area (Å²) in [5.41, 5.74) is 4.26. The number of ether oxygens (including phenoxy) is 1. The smallest absolute Gasteiger partial charge is 0.315 e. The molecule has 360 valence electrons. The van der Waals surface area contributed by atoms with E-state index in [1.807, 2.05) is 54.0 Å². The molecule has 0 radical (unpaired) electrons. The van der Waals surface area contributed by atoms with Crippen LogP contribution in [0.3, 0.4) is 0 Å². The third kappa shape index (κ3) is 12.1. The molecule has 66 heavy (non-hydrogen) atoms. The molecule has 6 rings (SSSR count). The van der Waals surface area contributed by atoms with Crippen molar-refractivity contribution in [1.82, 2.24) is 21.3 Å². The predicted octanol–water partition coefficient (Wildman–Crippen LogP) is 5.91. The van der Waals surface area contributed by atoms with Crippen LogP contribution in [-0.4, -0.2) is 117 Å². The number of hydrogen-bond donors (Lipinski definition) is 6. The average Bonchev–Trinajstić information content (AvgIpc) is 3.93. The lowest BCUT2D eigenvalue weighted by Crippen LogP contribution is -2.36. The highest BCUT2D eigenvalue weighted by atomic mass is 32.2. The zero-order chi connectivity index (χ0) is 47.9. The first-order valence-corrected chi connectivity index (χ1v) is 26.7. The second-order valence-electron chi connectivity index (χ2n) is 18.1. The number of likely N-dealkylation sites (N-methyl/N-ethyl adjacent to an activating group) is 1. The van der Waals surface area contributed by atoms with Crippen LogP contribution in [0.2, 0.25) is 0 Å². The second kappa shape index (κ2) is 21.6. The van der Waals surface area contributed by atoms with Gasteiger partial charge in [0.2, 0.25) is 17.5 Å². The number of thioether (sulfide) groups is 1. The number of amides is 4. The Balaban J connectivity index is 0.950. The van der Waals surface area contributed by atoms with E-state index in [0.717, 1.165) is 59.7 Å². The topological polar surface area (TPSA) is 224 Å². The molecule has 0 aliphatic carbocycles. The number of anilines is 1. The maximum Gasteiger partial charge on any atom is 0.315 e. The summed E-state index contributed by atoms with van der Waals surface area (Å²) in [7, 11) is -8.81. The van der Waals surface area contributed by atoms with Gasteiger partial charge in [0, 0.05) is 84.4 Å². The molecule has 6 N–H and O–H groups in total. The van der Waals surface area contributed by atoms with Gasteiger partial charge in [-0.05, 0) is 82.4 Å². The summed E-state index contributed by atoms with van der Waals surface area (Å²) < 4.78 is 75.4. The number of unbranched alkanes of at least 4 members (excludes halogenated alkanes) is 3. The minimum atomic E-state index is -4.45. The van der Waals surface area contributed by atoms with Gasteiger partial charge in [-0.25, -0.2) is 4.79 Å². The molecule has 0 bridgehead atoms. The molecule has 0 unspecified atom stereocenters. The number of urea groups is 1. The minimum absolute atomic E-state index is 0.0168. The Morgan fingerprint density at radius 2 is 1.48 bits per heavy atom. The van der Waals surface area contributed by atoms with Crippen LogP contribution in [0.5, 0.6) is 0 Å². The Bertz CT molecular complexity index is 2500. The number of hydrogen-bond acceptors (Lipinski definition) is 10. The first-order chi connectivity index (χ1) is 31.2. The van der Waals surface area contributed by atoms with E-state index >= 15 is 0 Å². The van der Waals surface area contributed by atoms with Crippen LogP contribution >= 0.6 is 11.8 Å². The van der Waals surface area contributed by atoms with Crippen molar-refractivity contribution in [3.63, 3.8) is 0 Å². The highest BCUT2D eigenvalue weighted by Gasteiger charge is 2.45. The largest absolute Gasteiger partial charge is 0.378 e. The highest BCUT2D eigenvalue weighted by molar-refractivity contribution is 8.00. The summed E-state index contributed by atoms with van der Waals surface area (Å²) in [6, 6.07) is 9.64. The van der Waals surface area contributed by atoms with Gasteiger partial charge in [0.05, 0.1) is 35.6 Å². The molecule has 2 fully saturated rings. The molecule has 0 aromatic heterocycles. The van der Waals surface area contributed by atoms with Crippen molar-refractivity contribution in [2.45, 2.75) is 124 Å². The van der Waals surface area contributed by atoms with Crippen molar-refractivity contribution in [3.8, 4) is 0 Å². The van der Waals surface area contributed by atoms with Crippen molar-refractivity contribution in [2.24, 2.45) is 0 Å². The quantitative estimate of drug-likeness (QED) is 0.0252. The minimum Gasteiger partial charge on any atom is -0.378 e. The SMILES string of the molecule is CCN1/C(=C/C=C/C=C/C2=[N+](CCCCCC(=O)NCCOCCNC(=O)CCCC[C@@H]3SC[C@@H]4NC(=O)N[C@@H]43)c3cc(S(=O)(=O)O)ccc3C2(C)C)C(C)(C)c2ccc(S(=O)(=O)O)cc21. The molecular formula is C47H65N6O10S3+. The monoisotopic (exact) mass is 969 g/mol. The lowest BCUT2D eigenvalue weighted by atomic mass is 9.81. The number of carbonyl (C=O) groups is 3. The maximum absolute atomic E-state index is 12.6. The van der Waals surface area contributed by atoms with Gasteiger partial charge in [-0.1, -0.05) is 44.6 Å². The van der Waals surface area contributed by atoms with Gasteiger partial charge >= 0.3 is 6.03 Å². The number of carbonyl (C=O) groups excluding carboxylic acids is 3. The summed E-state index contributed by atoms with van der Waals surface area (Å²) in [5.74, 6) is 0.826. The molecule has 2 saturated heterocycles. The Kier molecular flexibility index (Phi) is 16.7. The molecule has 0 saturated carbocycles. The first kappa shape index (κ1) is 50.9. The van der Waals surface area contributed by atoms with Gasteiger partial charge in [-0.2, -0.15) is 33.2 Å². The lowest BCUT2D eigenvalue weighted by Gasteiger charge is -2.25. The van der Waals surface area contributed by atoms with Gasteiger partial charge in [0.1, 0.15) is 11.4 Å². The zero-order valence-electron chi connectivity index (χ0n) is 38.5. The number of allylic oxidation sites excluding steroid dienone is 6. The molecule has 4 heterocycles. The van der Waals surface area contributed by atoms with Crippen molar-refractivity contribution >= 4 is 66.9 Å². The van der Waals surface area contributed by atoms with E-state index in [0.29, 0.717) is 76.0 Å². The van der Waals surface area contributed by atoms with Crippen molar-refractivity contribution < 1.29 is 49.6 Å². The van der Waals surface area contributed by atoms with E-state index in [1.165, 1.54) is 24.3 Å². The fourth-order valence-corrected chi connectivity index (χ4v) is 11.9. The van der Waals surface area contributed by atoms with Crippen LogP contribution in [0.15, 0.2) is 82.3 Å².